The number of ether oxygens (including phenoxy) is 4. The highest BCUT2D eigenvalue weighted by Gasteiger charge is 2.33. The summed E-state index contributed by atoms with van der Waals surface area (Å²) in [6, 6.07) is 7.84. The third-order valence-corrected chi connectivity index (χ3v) is 6.37. The van der Waals surface area contributed by atoms with Crippen molar-refractivity contribution in [1.29, 1.82) is 0 Å². The lowest BCUT2D eigenvalue weighted by atomic mass is 10.0. The number of anilines is 1. The van der Waals surface area contributed by atoms with E-state index in [1.54, 1.807) is 35.1 Å². The van der Waals surface area contributed by atoms with Crippen molar-refractivity contribution < 1.29 is 42.9 Å². The van der Waals surface area contributed by atoms with Crippen LogP contribution in [0.25, 0.3) is 11.1 Å². The number of nitrogens with zero attached hydrogens (tertiary/aromatic N) is 6. The fourth-order valence-corrected chi connectivity index (χ4v) is 4.26. The number of aromatic nitrogens is 4. The molecule has 1 amide bonds. The highest BCUT2D eigenvalue weighted by Crippen LogP contribution is 2.29. The van der Waals surface area contributed by atoms with Crippen molar-refractivity contribution in [2.45, 2.75) is 31.3 Å². The topological polar surface area (TPSA) is 160 Å². The number of rotatable bonds is 11. The molecule has 1 saturated heterocycles. The maximum absolute atomic E-state index is 15.1. The number of pyridine rings is 1. The first-order valence-corrected chi connectivity index (χ1v) is 12.7. The predicted octanol–water partition coefficient (Wildman–Crippen LogP) is 2.16. The van der Waals surface area contributed by atoms with Crippen molar-refractivity contribution >= 4 is 23.6 Å². The molecule has 3 atom stereocenters. The van der Waals surface area contributed by atoms with Gasteiger partial charge in [0, 0.05) is 37.1 Å². The van der Waals surface area contributed by atoms with Gasteiger partial charge in [-0.05, 0) is 24.3 Å². The van der Waals surface area contributed by atoms with Gasteiger partial charge in [0.15, 0.2) is 6.10 Å². The van der Waals surface area contributed by atoms with Crippen LogP contribution < -0.4 is 4.90 Å². The minimum absolute atomic E-state index is 0.0352. The van der Waals surface area contributed by atoms with Crippen LogP contribution in [0.3, 0.4) is 0 Å². The fourth-order valence-electron chi connectivity index (χ4n) is 4.26. The number of carbonyl (C=O) groups is 2. The van der Waals surface area contributed by atoms with E-state index in [0.717, 1.165) is 0 Å². The normalized spacial score (nSPS) is 19.0. The number of methoxy groups -OCH3 is 1. The van der Waals surface area contributed by atoms with E-state index in [1.165, 1.54) is 30.5 Å². The third kappa shape index (κ3) is 6.75. The molecule has 0 saturated carbocycles. The molecule has 5 rings (SSSR count). The van der Waals surface area contributed by atoms with E-state index < -0.39 is 36.4 Å². The summed E-state index contributed by atoms with van der Waals surface area (Å²) in [6.07, 6.45) is 1.11. The van der Waals surface area contributed by atoms with Crippen LogP contribution in [-0.2, 0) is 30.3 Å². The number of amides is 1. The summed E-state index contributed by atoms with van der Waals surface area (Å²) >= 11 is 0. The van der Waals surface area contributed by atoms with Gasteiger partial charge in [-0.2, -0.15) is 0 Å². The maximum Gasteiger partial charge on any atom is 0.508 e. The van der Waals surface area contributed by atoms with Gasteiger partial charge in [-0.25, -0.2) is 18.7 Å². The van der Waals surface area contributed by atoms with Gasteiger partial charge in [0.2, 0.25) is 0 Å². The van der Waals surface area contributed by atoms with Crippen molar-refractivity contribution in [3.05, 3.63) is 60.4 Å². The molecule has 216 valence electrons. The molecule has 1 fully saturated rings. The van der Waals surface area contributed by atoms with Crippen LogP contribution in [0.1, 0.15) is 12.1 Å². The molecule has 0 unspecified atom stereocenters. The molecule has 0 bridgehead atoms. The number of carbonyl (C=O) groups excluding carboxylic acids is 2. The van der Waals surface area contributed by atoms with Crippen molar-refractivity contribution in [1.82, 2.24) is 20.0 Å². The summed E-state index contributed by atoms with van der Waals surface area (Å²) in [5.41, 5.74) is 2.15. The first kappa shape index (κ1) is 27.9. The molecule has 41 heavy (non-hydrogen) atoms. The Morgan fingerprint density at radius 2 is 2.12 bits per heavy atom. The van der Waals surface area contributed by atoms with Crippen LogP contribution >= 0.6 is 0 Å². The molecule has 2 aromatic heterocycles. The monoisotopic (exact) mass is 570 g/mol. The Morgan fingerprint density at radius 3 is 2.85 bits per heavy atom. The zero-order valence-electron chi connectivity index (χ0n) is 22.0. The highest BCUT2D eigenvalue weighted by atomic mass is 19.1. The van der Waals surface area contributed by atoms with Crippen molar-refractivity contribution in [2.75, 3.05) is 38.4 Å². The van der Waals surface area contributed by atoms with Crippen LogP contribution in [0, 0.1) is 5.82 Å². The zero-order chi connectivity index (χ0) is 28.8. The van der Waals surface area contributed by atoms with Crippen LogP contribution in [0.2, 0.25) is 0 Å². The molecule has 1 N–H and O–H groups in total. The second-order valence-corrected chi connectivity index (χ2v) is 9.19. The number of aliphatic hydroxyl groups is 1. The summed E-state index contributed by atoms with van der Waals surface area (Å²) in [6.45, 7) is 0.519. The van der Waals surface area contributed by atoms with Gasteiger partial charge in [0.25, 0.3) is 0 Å². The van der Waals surface area contributed by atoms with Gasteiger partial charge in [0.05, 0.1) is 37.3 Å². The van der Waals surface area contributed by atoms with Crippen molar-refractivity contribution in [3.8, 4) is 11.1 Å². The van der Waals surface area contributed by atoms with Crippen LogP contribution in [-0.4, -0.2) is 94.8 Å². The van der Waals surface area contributed by atoms with Gasteiger partial charge in [0.1, 0.15) is 37.0 Å². The number of hydrogen-bond acceptors (Lipinski definition) is 12. The zero-order valence-corrected chi connectivity index (χ0v) is 22.0. The van der Waals surface area contributed by atoms with Gasteiger partial charge in [-0.15, -0.1) is 5.10 Å². The first-order valence-electron chi connectivity index (χ1n) is 12.7. The van der Waals surface area contributed by atoms with Gasteiger partial charge in [-0.1, -0.05) is 16.4 Å². The number of aliphatic hydroxyl groups excluding tert-OH is 1. The lowest BCUT2D eigenvalue weighted by Crippen LogP contribution is -2.32. The van der Waals surface area contributed by atoms with E-state index in [4.69, 9.17) is 23.8 Å². The van der Waals surface area contributed by atoms with Gasteiger partial charge >= 0.3 is 12.2 Å². The van der Waals surface area contributed by atoms with Gasteiger partial charge in [-0.3, -0.25) is 9.88 Å². The minimum Gasteiger partial charge on any atom is -0.442 e. The summed E-state index contributed by atoms with van der Waals surface area (Å²) < 4.78 is 36.5. The third-order valence-electron chi connectivity index (χ3n) is 6.37. The number of halogens is 1. The summed E-state index contributed by atoms with van der Waals surface area (Å²) in [5.74, 6) is -0.532. The van der Waals surface area contributed by atoms with E-state index in [-0.39, 0.29) is 32.8 Å². The Kier molecular flexibility index (Phi) is 8.64. The average Bonchev–Trinajstić information content (AvgIpc) is 3.74. The average molecular weight is 571 g/mol. The largest absolute Gasteiger partial charge is 0.508 e. The Bertz CT molecular complexity index is 1390. The molecule has 2 aliphatic rings. The predicted molar refractivity (Wildman–Crippen MR) is 138 cm³/mol. The molecule has 4 heterocycles. The number of benzene rings is 1. The van der Waals surface area contributed by atoms with Crippen LogP contribution in [0.15, 0.2) is 54.1 Å². The maximum atomic E-state index is 15.1. The molecule has 14 nitrogen and oxygen atoms in total. The SMILES string of the molecule is COCCOC(=O)OC[C@@H](O)[C@@H]1CC(c2ccc(-c3ccc(N4C[C@H](Cn5ccnn5)OC4=O)cc3F)cn2)=NO1. The smallest absolute Gasteiger partial charge is 0.442 e. The number of cyclic esters (lactones) is 1. The van der Waals surface area contributed by atoms with E-state index in [0.29, 0.717) is 34.8 Å². The summed E-state index contributed by atoms with van der Waals surface area (Å²) in [5, 5.41) is 21.9. The highest BCUT2D eigenvalue weighted by molar-refractivity contribution is 5.99. The van der Waals surface area contributed by atoms with E-state index in [9.17, 15) is 14.7 Å². The molecular weight excluding hydrogens is 543 g/mol. The molecule has 0 spiro atoms. The van der Waals surface area contributed by atoms with Crippen LogP contribution in [0.4, 0.5) is 19.7 Å². The number of hydrogen-bond donors (Lipinski definition) is 1. The molecule has 1 aromatic carbocycles. The van der Waals surface area contributed by atoms with Crippen molar-refractivity contribution in [2.24, 2.45) is 5.16 Å². The summed E-state index contributed by atoms with van der Waals surface area (Å²) in [7, 11) is 1.47. The van der Waals surface area contributed by atoms with E-state index in [1.807, 2.05) is 0 Å². The lowest BCUT2D eigenvalue weighted by molar-refractivity contribution is -0.0551. The molecule has 0 aliphatic carbocycles. The Morgan fingerprint density at radius 1 is 1.24 bits per heavy atom. The second-order valence-electron chi connectivity index (χ2n) is 9.19. The standard InChI is InChI=1S/C26H27FN6O8/c1-37-8-9-38-26(36)39-15-23(34)24-11-22(30-41-24)21-5-2-16(12-28-21)19-4-3-17(10-20(19)27)33-14-18(40-25(33)35)13-32-7-6-29-31-32/h2-7,10,12,18,23-24,34H,8-9,11,13-15H2,1H3/t18-,23+,24-/m0/s1. The van der Waals surface area contributed by atoms with E-state index in [2.05, 4.69) is 20.5 Å². The van der Waals surface area contributed by atoms with E-state index >= 15 is 4.39 Å². The Balaban J connectivity index is 1.15. The quantitative estimate of drug-likeness (QED) is 0.266. The fraction of sp³-hybridized carbons (Fsp3) is 0.385. The molecule has 0 radical (unpaired) electrons. The second kappa shape index (κ2) is 12.7. The summed E-state index contributed by atoms with van der Waals surface area (Å²) in [4.78, 5) is 34.9. The lowest BCUT2D eigenvalue weighted by Gasteiger charge is -2.16. The van der Waals surface area contributed by atoms with Crippen molar-refractivity contribution in [3.63, 3.8) is 0 Å². The number of oxime groups is 1. The Labute approximate surface area is 233 Å². The van der Waals surface area contributed by atoms with Crippen LogP contribution in [0.5, 0.6) is 0 Å². The molecular formula is C26H27FN6O8. The molecule has 3 aromatic rings. The first-order chi connectivity index (χ1) is 19.9. The molecule has 15 heteroatoms. The molecule has 2 aliphatic heterocycles. The minimum atomic E-state index is -1.14. The van der Waals surface area contributed by atoms with Gasteiger partial charge < -0.3 is 28.9 Å². The Hall–Kier alpha value is -4.63.